The molecule has 0 spiro atoms. The maximum atomic E-state index is 13.2. The van der Waals surface area contributed by atoms with Gasteiger partial charge in [0.2, 0.25) is 0 Å². The van der Waals surface area contributed by atoms with Gasteiger partial charge in [-0.1, -0.05) is 13.8 Å². The number of halogens is 1. The van der Waals surface area contributed by atoms with E-state index in [1.807, 2.05) is 13.8 Å². The van der Waals surface area contributed by atoms with Crippen molar-refractivity contribution in [3.05, 3.63) is 24.0 Å². The Morgan fingerprint density at radius 1 is 1.32 bits per heavy atom. The zero-order chi connectivity index (χ0) is 14.3. The van der Waals surface area contributed by atoms with E-state index in [-0.39, 0.29) is 25.1 Å². The van der Waals surface area contributed by atoms with Crippen LogP contribution in [0.5, 0.6) is 5.75 Å². The van der Waals surface area contributed by atoms with Gasteiger partial charge in [0.05, 0.1) is 24.5 Å². The van der Waals surface area contributed by atoms with Crippen LogP contribution in [0.1, 0.15) is 26.7 Å². The molecule has 1 aromatic rings. The average molecular weight is 271 g/mol. The molecule has 5 heteroatoms. The summed E-state index contributed by atoms with van der Waals surface area (Å²) in [4.78, 5) is 0. The SMILES string of the molecule is CCC(CC)Oc1ccc(F)cc1NCC(O)CO. The van der Waals surface area contributed by atoms with Crippen molar-refractivity contribution >= 4 is 5.69 Å². The Hall–Kier alpha value is -1.33. The Bertz CT molecular complexity index is 383. The molecule has 1 atom stereocenters. The Kier molecular flexibility index (Phi) is 6.59. The number of nitrogens with one attached hydrogen (secondary N) is 1. The third-order valence-electron chi connectivity index (χ3n) is 2.88. The normalized spacial score (nSPS) is 12.5. The van der Waals surface area contributed by atoms with Crippen LogP contribution >= 0.6 is 0 Å². The number of benzene rings is 1. The van der Waals surface area contributed by atoms with Crippen LogP contribution in [0.25, 0.3) is 0 Å². The van der Waals surface area contributed by atoms with E-state index in [1.165, 1.54) is 12.1 Å². The third kappa shape index (κ3) is 5.04. The zero-order valence-electron chi connectivity index (χ0n) is 11.4. The number of ether oxygens (including phenoxy) is 1. The number of hydrogen-bond acceptors (Lipinski definition) is 4. The molecule has 3 N–H and O–H groups in total. The lowest BCUT2D eigenvalue weighted by Crippen LogP contribution is -2.23. The lowest BCUT2D eigenvalue weighted by Gasteiger charge is -2.19. The van der Waals surface area contributed by atoms with Gasteiger partial charge in [0, 0.05) is 12.6 Å². The molecule has 0 heterocycles. The smallest absolute Gasteiger partial charge is 0.143 e. The summed E-state index contributed by atoms with van der Waals surface area (Å²) < 4.78 is 19.0. The molecule has 0 saturated carbocycles. The Balaban J connectivity index is 2.78. The molecule has 1 aromatic carbocycles. The Morgan fingerprint density at radius 2 is 2.00 bits per heavy atom. The van der Waals surface area contributed by atoms with Crippen LogP contribution < -0.4 is 10.1 Å². The van der Waals surface area contributed by atoms with Gasteiger partial charge < -0.3 is 20.3 Å². The van der Waals surface area contributed by atoms with Crippen molar-refractivity contribution < 1.29 is 19.3 Å². The maximum absolute atomic E-state index is 13.2. The summed E-state index contributed by atoms with van der Waals surface area (Å²) in [6.07, 6.45) is 0.928. The highest BCUT2D eigenvalue weighted by Crippen LogP contribution is 2.27. The van der Waals surface area contributed by atoms with E-state index < -0.39 is 6.10 Å². The van der Waals surface area contributed by atoms with Crippen molar-refractivity contribution in [2.24, 2.45) is 0 Å². The van der Waals surface area contributed by atoms with Crippen LogP contribution in [-0.4, -0.2) is 35.6 Å². The van der Waals surface area contributed by atoms with Gasteiger partial charge in [0.15, 0.2) is 0 Å². The number of anilines is 1. The second-order valence-electron chi connectivity index (χ2n) is 4.41. The summed E-state index contributed by atoms with van der Waals surface area (Å²) in [5.41, 5.74) is 0.486. The second-order valence-corrected chi connectivity index (χ2v) is 4.41. The standard InChI is InChI=1S/C14H22FNO3/c1-3-12(4-2)19-14-6-5-10(15)7-13(14)16-8-11(18)9-17/h5-7,11-12,16-18H,3-4,8-9H2,1-2H3. The predicted molar refractivity (Wildman–Crippen MR) is 73.0 cm³/mol. The monoisotopic (exact) mass is 271 g/mol. The third-order valence-corrected chi connectivity index (χ3v) is 2.88. The van der Waals surface area contributed by atoms with Crippen LogP contribution in [0.15, 0.2) is 18.2 Å². The zero-order valence-corrected chi connectivity index (χ0v) is 11.4. The van der Waals surface area contributed by atoms with Crippen molar-refractivity contribution in [2.75, 3.05) is 18.5 Å². The lowest BCUT2D eigenvalue weighted by molar-refractivity contribution is 0.105. The number of aliphatic hydroxyl groups is 2. The van der Waals surface area contributed by atoms with Crippen LogP contribution in [0.2, 0.25) is 0 Å². The van der Waals surface area contributed by atoms with Gasteiger partial charge in [0.25, 0.3) is 0 Å². The van der Waals surface area contributed by atoms with Gasteiger partial charge in [-0.15, -0.1) is 0 Å². The summed E-state index contributed by atoms with van der Waals surface area (Å²) >= 11 is 0. The average Bonchev–Trinajstić information content (AvgIpc) is 2.43. The first kappa shape index (κ1) is 15.7. The van der Waals surface area contributed by atoms with Crippen LogP contribution in [-0.2, 0) is 0 Å². The van der Waals surface area contributed by atoms with Gasteiger partial charge in [-0.2, -0.15) is 0 Å². The van der Waals surface area contributed by atoms with E-state index in [1.54, 1.807) is 6.07 Å². The van der Waals surface area contributed by atoms with Crippen molar-refractivity contribution in [1.29, 1.82) is 0 Å². The fraction of sp³-hybridized carbons (Fsp3) is 0.571. The first-order valence-corrected chi connectivity index (χ1v) is 6.59. The minimum atomic E-state index is -0.885. The minimum Gasteiger partial charge on any atom is -0.488 e. The molecule has 1 unspecified atom stereocenters. The highest BCUT2D eigenvalue weighted by molar-refractivity contribution is 5.56. The van der Waals surface area contributed by atoms with Crippen LogP contribution in [0, 0.1) is 5.82 Å². The van der Waals surface area contributed by atoms with E-state index in [2.05, 4.69) is 5.32 Å². The Labute approximate surface area is 113 Å². The molecule has 108 valence electrons. The van der Waals surface area contributed by atoms with Crippen molar-refractivity contribution in [3.8, 4) is 5.75 Å². The van der Waals surface area contributed by atoms with Crippen molar-refractivity contribution in [1.82, 2.24) is 0 Å². The van der Waals surface area contributed by atoms with Crippen molar-refractivity contribution in [2.45, 2.75) is 38.9 Å². The van der Waals surface area contributed by atoms with Gasteiger partial charge in [-0.3, -0.25) is 0 Å². The summed E-state index contributed by atoms with van der Waals surface area (Å²) in [5.74, 6) is 0.179. The van der Waals surface area contributed by atoms with E-state index in [4.69, 9.17) is 9.84 Å². The molecule has 1 rings (SSSR count). The topological polar surface area (TPSA) is 61.7 Å². The molecule has 0 aliphatic heterocycles. The molecule has 0 bridgehead atoms. The van der Waals surface area contributed by atoms with Gasteiger partial charge >= 0.3 is 0 Å². The lowest BCUT2D eigenvalue weighted by atomic mass is 10.2. The summed E-state index contributed by atoms with van der Waals surface area (Å²) in [6.45, 7) is 3.85. The molecule has 4 nitrogen and oxygen atoms in total. The Morgan fingerprint density at radius 3 is 2.58 bits per heavy atom. The van der Waals surface area contributed by atoms with Crippen LogP contribution in [0.3, 0.4) is 0 Å². The number of rotatable bonds is 8. The molecule has 0 aromatic heterocycles. The van der Waals surface area contributed by atoms with E-state index >= 15 is 0 Å². The van der Waals surface area contributed by atoms with Gasteiger partial charge in [0.1, 0.15) is 11.6 Å². The van der Waals surface area contributed by atoms with E-state index in [0.717, 1.165) is 12.8 Å². The first-order chi connectivity index (χ1) is 9.10. The summed E-state index contributed by atoms with van der Waals surface area (Å²) in [6, 6.07) is 4.23. The molecule has 19 heavy (non-hydrogen) atoms. The first-order valence-electron chi connectivity index (χ1n) is 6.59. The predicted octanol–water partition coefficient (Wildman–Crippen LogP) is 2.16. The molecule has 0 saturated heterocycles. The number of aliphatic hydroxyl groups excluding tert-OH is 2. The molecule has 0 aliphatic rings. The van der Waals surface area contributed by atoms with E-state index in [0.29, 0.717) is 11.4 Å². The van der Waals surface area contributed by atoms with Gasteiger partial charge in [-0.25, -0.2) is 4.39 Å². The molecule has 0 radical (unpaired) electrons. The molecular weight excluding hydrogens is 249 g/mol. The largest absolute Gasteiger partial charge is 0.488 e. The van der Waals surface area contributed by atoms with Gasteiger partial charge in [-0.05, 0) is 25.0 Å². The van der Waals surface area contributed by atoms with Crippen LogP contribution in [0.4, 0.5) is 10.1 Å². The molecule has 0 fully saturated rings. The number of hydrogen-bond donors (Lipinski definition) is 3. The maximum Gasteiger partial charge on any atom is 0.143 e. The second kappa shape index (κ2) is 7.96. The fourth-order valence-corrected chi connectivity index (χ4v) is 1.67. The summed E-state index contributed by atoms with van der Waals surface area (Å²) in [5, 5.41) is 21.0. The quantitative estimate of drug-likeness (QED) is 0.678. The molecular formula is C14H22FNO3. The minimum absolute atomic E-state index is 0.0776. The summed E-state index contributed by atoms with van der Waals surface area (Å²) in [7, 11) is 0. The highest BCUT2D eigenvalue weighted by Gasteiger charge is 2.11. The highest BCUT2D eigenvalue weighted by atomic mass is 19.1. The van der Waals surface area contributed by atoms with Crippen molar-refractivity contribution in [3.63, 3.8) is 0 Å². The molecule has 0 aliphatic carbocycles. The van der Waals surface area contributed by atoms with E-state index in [9.17, 15) is 9.50 Å². The fourth-order valence-electron chi connectivity index (χ4n) is 1.67. The molecule has 0 amide bonds.